The average molecular weight is 228 g/mol. The predicted molar refractivity (Wildman–Crippen MR) is 58.2 cm³/mol. The Labute approximate surface area is 93.6 Å². The number of Topliss-reactive ketones (excluding diaryl/α,β-unsaturated/α-hetero) is 1. The number of nitrogens with zero attached hydrogens (tertiary/aromatic N) is 2. The fraction of sp³-hybridized carbons (Fsp3) is 0.600. The third-order valence-corrected chi connectivity index (χ3v) is 2.98. The largest absolute Gasteiger partial charge is 0.316 e. The molecule has 0 amide bonds. The Morgan fingerprint density at radius 3 is 3.00 bits per heavy atom. The molecule has 5 heteroatoms. The van der Waals surface area contributed by atoms with E-state index in [1.807, 2.05) is 6.92 Å². The third kappa shape index (κ3) is 2.06. The SMILES string of the molecule is CCn1ncc(Cl)c1C(=O)CC1CNC1. The number of aryl methyl sites for hydroxylation is 1. The van der Waals surface area contributed by atoms with Crippen molar-refractivity contribution >= 4 is 17.4 Å². The van der Waals surface area contributed by atoms with Crippen LogP contribution in [0.25, 0.3) is 0 Å². The second-order valence-electron chi connectivity index (χ2n) is 3.81. The molecule has 0 aliphatic carbocycles. The standard InChI is InChI=1S/C10H14ClN3O/c1-2-14-10(8(11)6-13-14)9(15)3-7-4-12-5-7/h6-7,12H,2-5H2,1H3. The van der Waals surface area contributed by atoms with Crippen LogP contribution >= 0.6 is 11.6 Å². The number of aromatic nitrogens is 2. The summed E-state index contributed by atoms with van der Waals surface area (Å²) in [4.78, 5) is 11.9. The Balaban J connectivity index is 2.12. The van der Waals surface area contributed by atoms with Crippen LogP contribution < -0.4 is 5.32 Å². The van der Waals surface area contributed by atoms with Gasteiger partial charge < -0.3 is 5.32 Å². The molecule has 15 heavy (non-hydrogen) atoms. The van der Waals surface area contributed by atoms with E-state index in [-0.39, 0.29) is 5.78 Å². The van der Waals surface area contributed by atoms with Crippen LogP contribution in [0.2, 0.25) is 5.02 Å². The molecule has 82 valence electrons. The zero-order valence-corrected chi connectivity index (χ0v) is 9.42. The third-order valence-electron chi connectivity index (χ3n) is 2.70. The molecule has 2 rings (SSSR count). The highest BCUT2D eigenvalue weighted by atomic mass is 35.5. The number of carbonyl (C=O) groups excluding carboxylic acids is 1. The molecule has 4 nitrogen and oxygen atoms in total. The minimum absolute atomic E-state index is 0.103. The van der Waals surface area contributed by atoms with Gasteiger partial charge in [-0.3, -0.25) is 9.48 Å². The lowest BCUT2D eigenvalue weighted by molar-refractivity contribution is 0.0935. The summed E-state index contributed by atoms with van der Waals surface area (Å²) in [5, 5.41) is 7.67. The van der Waals surface area contributed by atoms with Gasteiger partial charge in [0, 0.05) is 13.0 Å². The maximum atomic E-state index is 11.9. The van der Waals surface area contributed by atoms with E-state index in [1.165, 1.54) is 6.20 Å². The summed E-state index contributed by atoms with van der Waals surface area (Å²) in [5.74, 6) is 0.569. The molecule has 1 fully saturated rings. The van der Waals surface area contributed by atoms with Gasteiger partial charge in [-0.15, -0.1) is 0 Å². The molecule has 0 atom stereocenters. The molecule has 2 heterocycles. The van der Waals surface area contributed by atoms with Crippen molar-refractivity contribution in [1.29, 1.82) is 0 Å². The molecule has 0 aromatic carbocycles. The van der Waals surface area contributed by atoms with E-state index in [9.17, 15) is 4.79 Å². The van der Waals surface area contributed by atoms with Crippen molar-refractivity contribution in [3.05, 3.63) is 16.9 Å². The Bertz CT molecular complexity index is 371. The van der Waals surface area contributed by atoms with Gasteiger partial charge in [0.2, 0.25) is 0 Å². The maximum absolute atomic E-state index is 11.9. The summed E-state index contributed by atoms with van der Waals surface area (Å²) >= 11 is 5.94. The van der Waals surface area contributed by atoms with Crippen molar-refractivity contribution < 1.29 is 4.79 Å². The van der Waals surface area contributed by atoms with Crippen LogP contribution in [0.1, 0.15) is 23.8 Å². The zero-order valence-electron chi connectivity index (χ0n) is 8.66. The molecule has 0 spiro atoms. The van der Waals surface area contributed by atoms with Gasteiger partial charge in [0.1, 0.15) is 5.69 Å². The summed E-state index contributed by atoms with van der Waals surface area (Å²) in [6.45, 7) is 4.50. The van der Waals surface area contributed by atoms with Crippen LogP contribution in [0.3, 0.4) is 0 Å². The number of nitrogens with one attached hydrogen (secondary N) is 1. The van der Waals surface area contributed by atoms with Gasteiger partial charge in [0.15, 0.2) is 5.78 Å². The monoisotopic (exact) mass is 227 g/mol. The quantitative estimate of drug-likeness (QED) is 0.790. The van der Waals surface area contributed by atoms with Crippen LogP contribution in [-0.4, -0.2) is 28.7 Å². The van der Waals surface area contributed by atoms with E-state index in [1.54, 1.807) is 4.68 Å². The van der Waals surface area contributed by atoms with Gasteiger partial charge in [0.25, 0.3) is 0 Å². The number of carbonyl (C=O) groups is 1. The molecule has 0 radical (unpaired) electrons. The van der Waals surface area contributed by atoms with E-state index in [4.69, 9.17) is 11.6 Å². The second-order valence-corrected chi connectivity index (χ2v) is 4.22. The molecule has 1 aliphatic rings. The molecule has 1 aliphatic heterocycles. The topological polar surface area (TPSA) is 46.9 Å². The Hall–Kier alpha value is -0.870. The van der Waals surface area contributed by atoms with Crippen molar-refractivity contribution in [3.8, 4) is 0 Å². The lowest BCUT2D eigenvalue weighted by Crippen LogP contribution is -2.43. The Kier molecular flexibility index (Phi) is 3.07. The van der Waals surface area contributed by atoms with E-state index in [0.717, 1.165) is 13.1 Å². The first-order valence-electron chi connectivity index (χ1n) is 5.17. The smallest absolute Gasteiger partial charge is 0.182 e. The minimum atomic E-state index is 0.103. The molecular weight excluding hydrogens is 214 g/mol. The first kappa shape index (κ1) is 10.6. The number of hydrogen-bond donors (Lipinski definition) is 1. The van der Waals surface area contributed by atoms with Crippen molar-refractivity contribution in [2.75, 3.05) is 13.1 Å². The average Bonchev–Trinajstić information content (AvgIpc) is 2.53. The van der Waals surface area contributed by atoms with Gasteiger partial charge in [0.05, 0.1) is 11.2 Å². The highest BCUT2D eigenvalue weighted by Crippen LogP contribution is 2.20. The van der Waals surface area contributed by atoms with Gasteiger partial charge in [-0.05, 0) is 25.9 Å². The fourth-order valence-corrected chi connectivity index (χ4v) is 1.98. The normalized spacial score (nSPS) is 16.4. The number of ketones is 1. The minimum Gasteiger partial charge on any atom is -0.316 e. The molecule has 0 bridgehead atoms. The van der Waals surface area contributed by atoms with Gasteiger partial charge >= 0.3 is 0 Å². The molecule has 0 saturated carbocycles. The summed E-state index contributed by atoms with van der Waals surface area (Å²) in [7, 11) is 0. The number of halogens is 1. The molecular formula is C10H14ClN3O. The summed E-state index contributed by atoms with van der Waals surface area (Å²) in [6, 6.07) is 0. The summed E-state index contributed by atoms with van der Waals surface area (Å²) in [5.41, 5.74) is 0.561. The number of rotatable bonds is 4. The first-order chi connectivity index (χ1) is 7.22. The van der Waals surface area contributed by atoms with E-state index in [0.29, 0.717) is 29.6 Å². The predicted octanol–water partition coefficient (Wildman–Crippen LogP) is 1.35. The van der Waals surface area contributed by atoms with E-state index < -0.39 is 0 Å². The van der Waals surface area contributed by atoms with Crippen molar-refractivity contribution in [2.45, 2.75) is 19.9 Å². The summed E-state index contributed by atoms with van der Waals surface area (Å²) in [6.07, 6.45) is 2.11. The van der Waals surface area contributed by atoms with Gasteiger partial charge in [-0.1, -0.05) is 11.6 Å². The highest BCUT2D eigenvalue weighted by Gasteiger charge is 2.24. The van der Waals surface area contributed by atoms with Gasteiger partial charge in [-0.2, -0.15) is 5.10 Å². The van der Waals surface area contributed by atoms with Crippen LogP contribution in [0.5, 0.6) is 0 Å². The summed E-state index contributed by atoms with van der Waals surface area (Å²) < 4.78 is 1.66. The number of hydrogen-bond acceptors (Lipinski definition) is 3. The lowest BCUT2D eigenvalue weighted by atomic mass is 9.95. The maximum Gasteiger partial charge on any atom is 0.182 e. The Morgan fingerprint density at radius 1 is 1.73 bits per heavy atom. The molecule has 0 unspecified atom stereocenters. The fourth-order valence-electron chi connectivity index (χ4n) is 1.73. The van der Waals surface area contributed by atoms with Crippen molar-refractivity contribution in [1.82, 2.24) is 15.1 Å². The van der Waals surface area contributed by atoms with Crippen LogP contribution in [0, 0.1) is 5.92 Å². The molecule has 1 saturated heterocycles. The highest BCUT2D eigenvalue weighted by molar-refractivity contribution is 6.33. The zero-order chi connectivity index (χ0) is 10.8. The van der Waals surface area contributed by atoms with Crippen molar-refractivity contribution in [2.24, 2.45) is 5.92 Å². The lowest BCUT2D eigenvalue weighted by Gasteiger charge is -2.26. The molecule has 1 N–H and O–H groups in total. The molecule has 1 aromatic rings. The van der Waals surface area contributed by atoms with Crippen LogP contribution in [-0.2, 0) is 6.54 Å². The van der Waals surface area contributed by atoms with Crippen molar-refractivity contribution in [3.63, 3.8) is 0 Å². The van der Waals surface area contributed by atoms with Crippen LogP contribution in [0.4, 0.5) is 0 Å². The van der Waals surface area contributed by atoms with Gasteiger partial charge in [-0.25, -0.2) is 0 Å². The van der Waals surface area contributed by atoms with Crippen LogP contribution in [0.15, 0.2) is 6.20 Å². The molecule has 1 aromatic heterocycles. The first-order valence-corrected chi connectivity index (χ1v) is 5.55. The van der Waals surface area contributed by atoms with E-state index >= 15 is 0 Å². The van der Waals surface area contributed by atoms with E-state index in [2.05, 4.69) is 10.4 Å². The Morgan fingerprint density at radius 2 is 2.47 bits per heavy atom. The second kappa shape index (κ2) is 4.33.